The number of halogens is 1. The number of amides is 2. The number of carbonyl (C=O) groups is 1. The lowest BCUT2D eigenvalue weighted by atomic mass is 10.1. The molecule has 0 saturated carbocycles. The predicted octanol–water partition coefficient (Wildman–Crippen LogP) is 5.22. The lowest BCUT2D eigenvalue weighted by molar-refractivity contribution is 0.262. The van der Waals surface area contributed by atoms with Crippen LogP contribution < -0.4 is 10.6 Å². The molecular formula is C18H17BrN4OS. The Kier molecular flexibility index (Phi) is 5.45. The number of hydrogen-bond donors (Lipinski definition) is 2. The highest BCUT2D eigenvalue weighted by atomic mass is 79.9. The summed E-state index contributed by atoms with van der Waals surface area (Å²) in [6.45, 7) is 0. The largest absolute Gasteiger partial charge is 0.323 e. The van der Waals surface area contributed by atoms with Crippen LogP contribution in [-0.4, -0.2) is 22.1 Å². The molecule has 0 bridgehead atoms. The SMILES string of the molecule is CSc1ccc(NC(=O)Nc2cccc(-c3nn(C)cc3Br)c2)cc1. The molecule has 2 N–H and O–H groups in total. The van der Waals surface area contributed by atoms with Crippen molar-refractivity contribution in [2.24, 2.45) is 7.05 Å². The highest BCUT2D eigenvalue weighted by Gasteiger charge is 2.09. The standard InChI is InChI=1S/C18H17BrN4OS/c1-23-11-16(19)17(22-23)12-4-3-5-14(10-12)21-18(24)20-13-6-8-15(25-2)9-7-13/h3-11H,1-2H3,(H2,20,21,24). The predicted molar refractivity (Wildman–Crippen MR) is 107 cm³/mol. The molecule has 0 saturated heterocycles. The molecule has 2 aromatic carbocycles. The number of thioether (sulfide) groups is 1. The highest BCUT2D eigenvalue weighted by molar-refractivity contribution is 9.10. The minimum Gasteiger partial charge on any atom is -0.308 e. The summed E-state index contributed by atoms with van der Waals surface area (Å²) in [5, 5.41) is 10.1. The summed E-state index contributed by atoms with van der Waals surface area (Å²) < 4.78 is 2.65. The Hall–Kier alpha value is -2.25. The Labute approximate surface area is 158 Å². The van der Waals surface area contributed by atoms with Gasteiger partial charge in [0.1, 0.15) is 5.69 Å². The molecule has 1 aromatic heterocycles. The number of nitrogens with zero attached hydrogens (tertiary/aromatic N) is 2. The van der Waals surface area contributed by atoms with Crippen molar-refractivity contribution in [3.05, 3.63) is 59.2 Å². The van der Waals surface area contributed by atoms with Gasteiger partial charge >= 0.3 is 6.03 Å². The van der Waals surface area contributed by atoms with Crippen molar-refractivity contribution in [2.75, 3.05) is 16.9 Å². The molecule has 0 atom stereocenters. The van der Waals surface area contributed by atoms with Crippen LogP contribution in [0, 0.1) is 0 Å². The molecule has 3 rings (SSSR count). The second kappa shape index (κ2) is 7.76. The molecule has 128 valence electrons. The van der Waals surface area contributed by atoms with Gasteiger partial charge in [-0.1, -0.05) is 12.1 Å². The molecule has 1 heterocycles. The molecule has 3 aromatic rings. The lowest BCUT2D eigenvalue weighted by Crippen LogP contribution is -2.19. The zero-order chi connectivity index (χ0) is 17.8. The van der Waals surface area contributed by atoms with Crippen LogP contribution in [0.15, 0.2) is 64.1 Å². The van der Waals surface area contributed by atoms with Crippen molar-refractivity contribution in [3.8, 4) is 11.3 Å². The lowest BCUT2D eigenvalue weighted by Gasteiger charge is -2.09. The maximum atomic E-state index is 12.2. The second-order valence-corrected chi connectivity index (χ2v) is 7.12. The van der Waals surface area contributed by atoms with Gasteiger partial charge in [0.25, 0.3) is 0 Å². The van der Waals surface area contributed by atoms with Crippen LogP contribution in [0.25, 0.3) is 11.3 Å². The molecule has 0 aliphatic rings. The average molecular weight is 417 g/mol. The fraction of sp³-hybridized carbons (Fsp3) is 0.111. The van der Waals surface area contributed by atoms with Gasteiger partial charge in [-0.2, -0.15) is 5.10 Å². The number of aromatic nitrogens is 2. The zero-order valence-corrected chi connectivity index (χ0v) is 16.2. The number of benzene rings is 2. The van der Waals surface area contributed by atoms with E-state index in [0.717, 1.165) is 26.3 Å². The number of carbonyl (C=O) groups excluding carboxylic acids is 1. The highest BCUT2D eigenvalue weighted by Crippen LogP contribution is 2.28. The first-order chi connectivity index (χ1) is 12.0. The van der Waals surface area contributed by atoms with Gasteiger partial charge in [0.05, 0.1) is 4.47 Å². The summed E-state index contributed by atoms with van der Waals surface area (Å²) in [7, 11) is 1.87. The quantitative estimate of drug-likeness (QED) is 0.573. The molecule has 7 heteroatoms. The molecule has 2 amide bonds. The van der Waals surface area contributed by atoms with Gasteiger partial charge in [-0.3, -0.25) is 4.68 Å². The van der Waals surface area contributed by atoms with Gasteiger partial charge in [-0.15, -0.1) is 11.8 Å². The molecule has 25 heavy (non-hydrogen) atoms. The van der Waals surface area contributed by atoms with Gasteiger partial charge in [-0.05, 0) is 58.6 Å². The van der Waals surface area contributed by atoms with Gasteiger partial charge < -0.3 is 10.6 Å². The van der Waals surface area contributed by atoms with E-state index < -0.39 is 0 Å². The Morgan fingerprint density at radius 1 is 1.12 bits per heavy atom. The Morgan fingerprint density at radius 2 is 1.84 bits per heavy atom. The third kappa shape index (κ3) is 4.43. The summed E-state index contributed by atoms with van der Waals surface area (Å²) >= 11 is 5.16. The summed E-state index contributed by atoms with van der Waals surface area (Å²) in [6.07, 6.45) is 3.91. The van der Waals surface area contributed by atoms with Crippen LogP contribution >= 0.6 is 27.7 Å². The zero-order valence-electron chi connectivity index (χ0n) is 13.8. The third-order valence-electron chi connectivity index (χ3n) is 3.53. The Bertz CT molecular complexity index is 892. The van der Waals surface area contributed by atoms with E-state index in [4.69, 9.17) is 0 Å². The number of hydrogen-bond acceptors (Lipinski definition) is 3. The second-order valence-electron chi connectivity index (χ2n) is 5.39. The van der Waals surface area contributed by atoms with E-state index in [1.165, 1.54) is 0 Å². The minimum absolute atomic E-state index is 0.283. The van der Waals surface area contributed by atoms with Gasteiger partial charge in [0.2, 0.25) is 0 Å². The Balaban J connectivity index is 1.71. The van der Waals surface area contributed by atoms with Gasteiger partial charge in [0.15, 0.2) is 0 Å². The van der Waals surface area contributed by atoms with E-state index in [0.29, 0.717) is 5.69 Å². The van der Waals surface area contributed by atoms with Crippen LogP contribution in [0.2, 0.25) is 0 Å². The van der Waals surface area contributed by atoms with Crippen LogP contribution in [0.5, 0.6) is 0 Å². The topological polar surface area (TPSA) is 59.0 Å². The van der Waals surface area contributed by atoms with Crippen LogP contribution in [0.4, 0.5) is 16.2 Å². The molecule has 0 fully saturated rings. The summed E-state index contributed by atoms with van der Waals surface area (Å²) in [5.41, 5.74) is 3.21. The number of aryl methyl sites for hydroxylation is 1. The summed E-state index contributed by atoms with van der Waals surface area (Å²) in [4.78, 5) is 13.4. The van der Waals surface area contributed by atoms with E-state index in [9.17, 15) is 4.79 Å². The fourth-order valence-corrected chi connectivity index (χ4v) is 3.38. The van der Waals surface area contributed by atoms with Crippen molar-refractivity contribution in [1.82, 2.24) is 9.78 Å². The van der Waals surface area contributed by atoms with E-state index in [-0.39, 0.29) is 6.03 Å². The van der Waals surface area contributed by atoms with Crippen molar-refractivity contribution in [1.29, 1.82) is 0 Å². The molecule has 0 aliphatic carbocycles. The van der Waals surface area contributed by atoms with E-state index in [1.54, 1.807) is 16.4 Å². The first kappa shape index (κ1) is 17.6. The van der Waals surface area contributed by atoms with Gasteiger partial charge in [0, 0.05) is 35.1 Å². The van der Waals surface area contributed by atoms with E-state index in [1.807, 2.05) is 68.0 Å². The van der Waals surface area contributed by atoms with Crippen LogP contribution in [-0.2, 0) is 7.05 Å². The number of nitrogens with one attached hydrogen (secondary N) is 2. The summed E-state index contributed by atoms with van der Waals surface area (Å²) in [6, 6.07) is 15.0. The maximum absolute atomic E-state index is 12.2. The van der Waals surface area contributed by atoms with Crippen molar-refractivity contribution in [3.63, 3.8) is 0 Å². The first-order valence-corrected chi connectivity index (χ1v) is 9.58. The van der Waals surface area contributed by atoms with Crippen LogP contribution in [0.1, 0.15) is 0 Å². The minimum atomic E-state index is -0.283. The van der Waals surface area contributed by atoms with E-state index >= 15 is 0 Å². The number of urea groups is 1. The normalized spacial score (nSPS) is 10.5. The maximum Gasteiger partial charge on any atom is 0.323 e. The van der Waals surface area contributed by atoms with Crippen molar-refractivity contribution < 1.29 is 4.79 Å². The molecule has 5 nitrogen and oxygen atoms in total. The first-order valence-electron chi connectivity index (χ1n) is 7.57. The summed E-state index contributed by atoms with van der Waals surface area (Å²) in [5.74, 6) is 0. The van der Waals surface area contributed by atoms with E-state index in [2.05, 4.69) is 31.7 Å². The number of rotatable bonds is 4. The van der Waals surface area contributed by atoms with Crippen LogP contribution in [0.3, 0.4) is 0 Å². The van der Waals surface area contributed by atoms with Crippen molar-refractivity contribution >= 4 is 45.1 Å². The molecule has 0 aliphatic heterocycles. The van der Waals surface area contributed by atoms with Gasteiger partial charge in [-0.25, -0.2) is 4.79 Å². The monoisotopic (exact) mass is 416 g/mol. The molecular weight excluding hydrogens is 400 g/mol. The third-order valence-corrected chi connectivity index (χ3v) is 4.85. The van der Waals surface area contributed by atoms with Crippen molar-refractivity contribution in [2.45, 2.75) is 4.90 Å². The average Bonchev–Trinajstić information content (AvgIpc) is 2.94. The fourth-order valence-electron chi connectivity index (χ4n) is 2.37. The number of anilines is 2. The molecule has 0 unspecified atom stereocenters. The Morgan fingerprint density at radius 3 is 2.48 bits per heavy atom. The molecule has 0 spiro atoms. The smallest absolute Gasteiger partial charge is 0.308 e. The molecule has 0 radical (unpaired) electrons.